The van der Waals surface area contributed by atoms with Crippen LogP contribution in [0.5, 0.6) is 11.5 Å². The lowest BCUT2D eigenvalue weighted by molar-refractivity contribution is 0.174. The zero-order valence-corrected chi connectivity index (χ0v) is 16.1. The molecule has 0 spiro atoms. The van der Waals surface area contributed by atoms with Crippen molar-refractivity contribution < 1.29 is 9.47 Å². The Bertz CT molecular complexity index is 956. The first-order valence-corrected chi connectivity index (χ1v) is 10.0. The molecular formula is C21H24N6O2. The van der Waals surface area contributed by atoms with Crippen LogP contribution in [0.2, 0.25) is 0 Å². The highest BCUT2D eigenvalue weighted by Crippen LogP contribution is 2.32. The summed E-state index contributed by atoms with van der Waals surface area (Å²) in [7, 11) is 0. The maximum absolute atomic E-state index is 5.51. The Kier molecular flexibility index (Phi) is 5.10. The molecule has 5 rings (SSSR count). The lowest BCUT2D eigenvalue weighted by atomic mass is 9.95. The molecule has 2 N–H and O–H groups in total. The van der Waals surface area contributed by atoms with Gasteiger partial charge in [0, 0.05) is 31.2 Å². The van der Waals surface area contributed by atoms with Gasteiger partial charge in [-0.05, 0) is 43.1 Å². The van der Waals surface area contributed by atoms with E-state index in [1.807, 2.05) is 35.2 Å². The number of hydrogen-bond acceptors (Lipinski definition) is 7. The summed E-state index contributed by atoms with van der Waals surface area (Å²) in [5.41, 5.74) is 2.13. The monoisotopic (exact) mass is 392 g/mol. The highest BCUT2D eigenvalue weighted by atomic mass is 16.7. The Balaban J connectivity index is 1.39. The van der Waals surface area contributed by atoms with E-state index >= 15 is 0 Å². The molecule has 0 amide bonds. The number of rotatable bonds is 6. The summed E-state index contributed by atoms with van der Waals surface area (Å²) >= 11 is 0. The SMILES string of the molecule is c1cn(-c2nccc(C(NCc3ccc4c(c3)OCO4)C3CCCCN3)n2)cn1. The van der Waals surface area contributed by atoms with Crippen LogP contribution in [0.3, 0.4) is 0 Å². The average Bonchev–Trinajstić information content (AvgIpc) is 3.47. The van der Waals surface area contributed by atoms with Crippen LogP contribution in [-0.4, -0.2) is 38.9 Å². The van der Waals surface area contributed by atoms with E-state index in [-0.39, 0.29) is 6.04 Å². The van der Waals surface area contributed by atoms with E-state index in [1.54, 1.807) is 12.5 Å². The van der Waals surface area contributed by atoms with Crippen LogP contribution in [0.4, 0.5) is 0 Å². The molecule has 8 heteroatoms. The van der Waals surface area contributed by atoms with E-state index in [1.165, 1.54) is 12.8 Å². The normalized spacial score (nSPS) is 19.2. The Morgan fingerprint density at radius 3 is 3.00 bits per heavy atom. The van der Waals surface area contributed by atoms with Gasteiger partial charge in [-0.3, -0.25) is 4.57 Å². The van der Waals surface area contributed by atoms with Gasteiger partial charge in [0.05, 0.1) is 11.7 Å². The molecule has 2 aliphatic heterocycles. The van der Waals surface area contributed by atoms with Crippen molar-refractivity contribution in [1.82, 2.24) is 30.2 Å². The zero-order chi connectivity index (χ0) is 19.5. The van der Waals surface area contributed by atoms with E-state index in [2.05, 4.69) is 26.7 Å². The third-order valence-corrected chi connectivity index (χ3v) is 5.43. The van der Waals surface area contributed by atoms with E-state index < -0.39 is 0 Å². The minimum atomic E-state index is 0.0750. The van der Waals surface area contributed by atoms with Gasteiger partial charge in [0.15, 0.2) is 11.5 Å². The molecule has 150 valence electrons. The van der Waals surface area contributed by atoms with Crippen molar-refractivity contribution in [3.05, 3.63) is 60.4 Å². The van der Waals surface area contributed by atoms with Crippen LogP contribution >= 0.6 is 0 Å². The van der Waals surface area contributed by atoms with Crippen LogP contribution in [0.15, 0.2) is 49.2 Å². The van der Waals surface area contributed by atoms with Gasteiger partial charge in [-0.2, -0.15) is 0 Å². The first-order valence-electron chi connectivity index (χ1n) is 10.0. The predicted octanol–water partition coefficient (Wildman–Crippen LogP) is 2.36. The van der Waals surface area contributed by atoms with Crippen molar-refractivity contribution >= 4 is 0 Å². The number of imidazole rings is 1. The second-order valence-corrected chi connectivity index (χ2v) is 7.35. The number of aromatic nitrogens is 4. The molecule has 2 atom stereocenters. The molecule has 3 aromatic rings. The first kappa shape index (κ1) is 18.1. The maximum atomic E-state index is 5.51. The molecule has 1 aromatic carbocycles. The van der Waals surface area contributed by atoms with E-state index in [9.17, 15) is 0 Å². The summed E-state index contributed by atoms with van der Waals surface area (Å²) in [6.07, 6.45) is 10.7. The highest BCUT2D eigenvalue weighted by Gasteiger charge is 2.26. The van der Waals surface area contributed by atoms with Crippen LogP contribution in [0.25, 0.3) is 5.95 Å². The Labute approximate surface area is 169 Å². The quantitative estimate of drug-likeness (QED) is 0.666. The van der Waals surface area contributed by atoms with Gasteiger partial charge < -0.3 is 20.1 Å². The standard InChI is InChI=1S/C21H24N6O2/c1-2-7-23-16(3-1)20(17-6-8-24-21(26-17)27-10-9-22-13-27)25-12-15-4-5-18-19(11-15)29-14-28-18/h4-6,8-11,13,16,20,23,25H,1-3,7,12,14H2. The minimum absolute atomic E-state index is 0.0750. The molecule has 0 aliphatic carbocycles. The molecule has 29 heavy (non-hydrogen) atoms. The average molecular weight is 392 g/mol. The van der Waals surface area contributed by atoms with E-state index in [4.69, 9.17) is 14.5 Å². The number of benzene rings is 1. The van der Waals surface area contributed by atoms with Crippen molar-refractivity contribution in [3.8, 4) is 17.4 Å². The molecule has 8 nitrogen and oxygen atoms in total. The summed E-state index contributed by atoms with van der Waals surface area (Å²) < 4.78 is 12.8. The van der Waals surface area contributed by atoms with Gasteiger partial charge in [-0.1, -0.05) is 12.5 Å². The molecule has 2 unspecified atom stereocenters. The fourth-order valence-electron chi connectivity index (χ4n) is 3.93. The molecule has 0 bridgehead atoms. The smallest absolute Gasteiger partial charge is 0.235 e. The minimum Gasteiger partial charge on any atom is -0.454 e. The fourth-order valence-corrected chi connectivity index (χ4v) is 3.93. The van der Waals surface area contributed by atoms with Gasteiger partial charge in [0.1, 0.15) is 6.33 Å². The predicted molar refractivity (Wildman–Crippen MR) is 107 cm³/mol. The van der Waals surface area contributed by atoms with Gasteiger partial charge in [-0.25, -0.2) is 15.0 Å². The van der Waals surface area contributed by atoms with Gasteiger partial charge in [-0.15, -0.1) is 0 Å². The summed E-state index contributed by atoms with van der Waals surface area (Å²) in [6.45, 7) is 2.04. The van der Waals surface area contributed by atoms with Gasteiger partial charge in [0.2, 0.25) is 12.7 Å². The van der Waals surface area contributed by atoms with E-state index in [0.29, 0.717) is 25.3 Å². The van der Waals surface area contributed by atoms with Crippen LogP contribution in [0.1, 0.15) is 36.6 Å². The van der Waals surface area contributed by atoms with Crippen molar-refractivity contribution in [2.75, 3.05) is 13.3 Å². The topological polar surface area (TPSA) is 86.1 Å². The third-order valence-electron chi connectivity index (χ3n) is 5.43. The van der Waals surface area contributed by atoms with E-state index in [0.717, 1.165) is 35.7 Å². The van der Waals surface area contributed by atoms with Crippen LogP contribution in [-0.2, 0) is 6.54 Å². The number of piperidine rings is 1. The van der Waals surface area contributed by atoms with Gasteiger partial charge in [0.25, 0.3) is 0 Å². The Morgan fingerprint density at radius 2 is 2.14 bits per heavy atom. The molecule has 4 heterocycles. The molecule has 1 fully saturated rings. The number of hydrogen-bond donors (Lipinski definition) is 2. The molecule has 2 aliphatic rings. The fraction of sp³-hybridized carbons (Fsp3) is 0.381. The van der Waals surface area contributed by atoms with Crippen molar-refractivity contribution in [2.24, 2.45) is 0 Å². The molecule has 0 radical (unpaired) electrons. The second-order valence-electron chi connectivity index (χ2n) is 7.35. The summed E-state index contributed by atoms with van der Waals surface area (Å²) in [4.78, 5) is 13.3. The number of fused-ring (bicyclic) bond motifs is 1. The zero-order valence-electron chi connectivity index (χ0n) is 16.1. The molecule has 0 saturated carbocycles. The summed E-state index contributed by atoms with van der Waals surface area (Å²) in [5, 5.41) is 7.37. The Morgan fingerprint density at radius 1 is 1.17 bits per heavy atom. The second kappa shape index (κ2) is 8.18. The lowest BCUT2D eigenvalue weighted by Gasteiger charge is -2.32. The molecular weight excluding hydrogens is 368 g/mol. The first-order chi connectivity index (χ1) is 14.4. The third kappa shape index (κ3) is 3.94. The van der Waals surface area contributed by atoms with Crippen LogP contribution < -0.4 is 20.1 Å². The largest absolute Gasteiger partial charge is 0.454 e. The number of ether oxygens (including phenoxy) is 2. The van der Waals surface area contributed by atoms with Gasteiger partial charge >= 0.3 is 0 Å². The molecule has 1 saturated heterocycles. The summed E-state index contributed by atoms with van der Waals surface area (Å²) in [5.74, 6) is 2.24. The van der Waals surface area contributed by atoms with Crippen molar-refractivity contribution in [3.63, 3.8) is 0 Å². The molecule has 2 aromatic heterocycles. The highest BCUT2D eigenvalue weighted by molar-refractivity contribution is 5.44. The number of nitrogens with one attached hydrogen (secondary N) is 2. The summed E-state index contributed by atoms with van der Waals surface area (Å²) in [6, 6.07) is 8.47. The van der Waals surface area contributed by atoms with Crippen LogP contribution in [0, 0.1) is 0 Å². The maximum Gasteiger partial charge on any atom is 0.235 e. The lowest BCUT2D eigenvalue weighted by Crippen LogP contribution is -2.44. The van der Waals surface area contributed by atoms with Crippen molar-refractivity contribution in [2.45, 2.75) is 37.9 Å². The number of nitrogens with zero attached hydrogens (tertiary/aromatic N) is 4. The Hall–Kier alpha value is -2.97. The van der Waals surface area contributed by atoms with Crippen molar-refractivity contribution in [1.29, 1.82) is 0 Å².